The summed E-state index contributed by atoms with van der Waals surface area (Å²) in [5.74, 6) is 0. The van der Waals surface area contributed by atoms with Crippen LogP contribution in [-0.4, -0.2) is 24.7 Å². The lowest BCUT2D eigenvalue weighted by molar-refractivity contribution is 0.444. The SMILES string of the molecule is CC(C/C=N\C1CCCCC1)S[Si](C)(C)C. The molecule has 0 heterocycles. The summed E-state index contributed by atoms with van der Waals surface area (Å²) >= 11 is 2.19. The monoisotopic (exact) mass is 257 g/mol. The lowest BCUT2D eigenvalue weighted by Gasteiger charge is -2.20. The molecule has 0 aromatic rings. The molecule has 0 aromatic heterocycles. The smallest absolute Gasteiger partial charge is 0.108 e. The highest BCUT2D eigenvalue weighted by Gasteiger charge is 2.17. The van der Waals surface area contributed by atoms with Crippen LogP contribution in [0, 0.1) is 0 Å². The Morgan fingerprint density at radius 2 is 1.88 bits per heavy atom. The minimum atomic E-state index is -0.955. The molecule has 16 heavy (non-hydrogen) atoms. The average molecular weight is 258 g/mol. The van der Waals surface area contributed by atoms with Crippen molar-refractivity contribution in [1.29, 1.82) is 0 Å². The zero-order valence-corrected chi connectivity index (χ0v) is 13.1. The predicted molar refractivity (Wildman–Crippen MR) is 80.4 cm³/mol. The van der Waals surface area contributed by atoms with Crippen molar-refractivity contribution >= 4 is 24.6 Å². The van der Waals surface area contributed by atoms with Gasteiger partial charge in [-0.25, -0.2) is 0 Å². The van der Waals surface area contributed by atoms with Crippen molar-refractivity contribution in [2.75, 3.05) is 0 Å². The summed E-state index contributed by atoms with van der Waals surface area (Å²) in [6.45, 7) is 9.61. The molecule has 0 saturated heterocycles. The second-order valence-corrected chi connectivity index (χ2v) is 15.5. The standard InChI is InChI=1S/C13H27NSSi/c1-12(15-16(2,3)4)10-11-14-13-8-6-5-7-9-13/h11-13H,5-10H2,1-4H3/b14-11-. The van der Waals surface area contributed by atoms with E-state index < -0.39 is 7.22 Å². The molecule has 0 aromatic carbocycles. The zero-order valence-electron chi connectivity index (χ0n) is 11.3. The molecule has 0 spiro atoms. The average Bonchev–Trinajstić information content (AvgIpc) is 2.16. The van der Waals surface area contributed by atoms with E-state index >= 15 is 0 Å². The summed E-state index contributed by atoms with van der Waals surface area (Å²) in [7, 11) is -0.955. The molecule has 0 radical (unpaired) electrons. The van der Waals surface area contributed by atoms with Crippen LogP contribution in [0.4, 0.5) is 0 Å². The first-order chi connectivity index (χ1) is 7.47. The summed E-state index contributed by atoms with van der Waals surface area (Å²) in [6.07, 6.45) is 10.2. The van der Waals surface area contributed by atoms with Crippen LogP contribution in [-0.2, 0) is 0 Å². The van der Waals surface area contributed by atoms with Crippen molar-refractivity contribution in [3.8, 4) is 0 Å². The van der Waals surface area contributed by atoms with Gasteiger partial charge in [0.2, 0.25) is 0 Å². The van der Waals surface area contributed by atoms with E-state index in [1.807, 2.05) is 0 Å². The van der Waals surface area contributed by atoms with E-state index in [9.17, 15) is 0 Å². The molecule has 94 valence electrons. The Kier molecular flexibility index (Phi) is 6.12. The van der Waals surface area contributed by atoms with Crippen molar-refractivity contribution in [1.82, 2.24) is 0 Å². The zero-order chi connectivity index (χ0) is 12.0. The van der Waals surface area contributed by atoms with Crippen molar-refractivity contribution in [2.45, 2.75) is 76.4 Å². The van der Waals surface area contributed by atoms with E-state index in [0.717, 1.165) is 11.7 Å². The normalized spacial score (nSPS) is 21.5. The molecule has 0 bridgehead atoms. The maximum absolute atomic E-state index is 4.73. The van der Waals surface area contributed by atoms with Crippen molar-refractivity contribution in [3.63, 3.8) is 0 Å². The number of hydrogen-bond donors (Lipinski definition) is 0. The minimum absolute atomic E-state index is 0.651. The second kappa shape index (κ2) is 6.85. The highest BCUT2D eigenvalue weighted by Crippen LogP contribution is 2.26. The molecule has 0 N–H and O–H groups in total. The van der Waals surface area contributed by atoms with E-state index in [2.05, 4.69) is 44.0 Å². The molecule has 1 rings (SSSR count). The summed E-state index contributed by atoms with van der Waals surface area (Å²) < 4.78 is 0. The summed E-state index contributed by atoms with van der Waals surface area (Å²) in [6, 6.07) is 0.651. The topological polar surface area (TPSA) is 12.4 Å². The van der Waals surface area contributed by atoms with E-state index in [-0.39, 0.29) is 0 Å². The predicted octanol–water partition coefficient (Wildman–Crippen LogP) is 4.74. The van der Waals surface area contributed by atoms with E-state index in [1.165, 1.54) is 32.1 Å². The Morgan fingerprint density at radius 1 is 1.25 bits per heavy atom. The quantitative estimate of drug-likeness (QED) is 0.512. The van der Waals surface area contributed by atoms with Crippen LogP contribution in [0.1, 0.15) is 45.4 Å². The lowest BCUT2D eigenvalue weighted by atomic mass is 9.96. The summed E-state index contributed by atoms with van der Waals surface area (Å²) in [5.41, 5.74) is 0. The molecule has 0 amide bonds. The number of rotatable bonds is 5. The van der Waals surface area contributed by atoms with Crippen LogP contribution in [0.2, 0.25) is 19.6 Å². The molecule has 1 aliphatic rings. The van der Waals surface area contributed by atoms with Gasteiger partial charge in [0.25, 0.3) is 0 Å². The van der Waals surface area contributed by atoms with E-state index in [4.69, 9.17) is 4.99 Å². The third-order valence-electron chi connectivity index (χ3n) is 2.88. The third kappa shape index (κ3) is 6.74. The molecule has 1 nitrogen and oxygen atoms in total. The van der Waals surface area contributed by atoms with Gasteiger partial charge in [-0.15, -0.1) is 0 Å². The van der Waals surface area contributed by atoms with E-state index in [1.54, 1.807) is 0 Å². The highest BCUT2D eigenvalue weighted by atomic mass is 32.4. The van der Waals surface area contributed by atoms with Gasteiger partial charge in [0.15, 0.2) is 0 Å². The molecular weight excluding hydrogens is 230 g/mol. The molecule has 3 heteroatoms. The first-order valence-corrected chi connectivity index (χ1v) is 11.8. The molecule has 1 fully saturated rings. The van der Waals surface area contributed by atoms with Crippen molar-refractivity contribution < 1.29 is 0 Å². The molecule has 1 unspecified atom stereocenters. The van der Waals surface area contributed by atoms with Gasteiger partial charge in [-0.2, -0.15) is 11.2 Å². The largest absolute Gasteiger partial charge is 0.294 e. The van der Waals surface area contributed by atoms with Crippen LogP contribution in [0.5, 0.6) is 0 Å². The maximum Gasteiger partial charge on any atom is 0.108 e. The Labute approximate surface area is 106 Å². The van der Waals surface area contributed by atoms with Gasteiger partial charge >= 0.3 is 0 Å². The van der Waals surface area contributed by atoms with Gasteiger partial charge in [-0.3, -0.25) is 4.99 Å². The fraction of sp³-hybridized carbons (Fsp3) is 0.923. The first-order valence-electron chi connectivity index (χ1n) is 6.67. The Bertz CT molecular complexity index is 216. The summed E-state index contributed by atoms with van der Waals surface area (Å²) in [4.78, 5) is 4.73. The van der Waals surface area contributed by atoms with Crippen LogP contribution in [0.15, 0.2) is 4.99 Å². The minimum Gasteiger partial charge on any atom is -0.294 e. The summed E-state index contributed by atoms with van der Waals surface area (Å²) in [5, 5.41) is 0.749. The van der Waals surface area contributed by atoms with Crippen LogP contribution >= 0.6 is 11.2 Å². The molecule has 1 atom stereocenters. The van der Waals surface area contributed by atoms with Gasteiger partial charge in [0, 0.05) is 17.5 Å². The fourth-order valence-electron chi connectivity index (χ4n) is 2.24. The van der Waals surface area contributed by atoms with Gasteiger partial charge in [-0.05, 0) is 19.3 Å². The Balaban J connectivity index is 2.19. The Hall–Kier alpha value is 0.237. The fourth-order valence-corrected chi connectivity index (χ4v) is 7.54. The number of aliphatic imine (C=N–C) groups is 1. The molecule has 1 aliphatic carbocycles. The maximum atomic E-state index is 4.73. The van der Waals surface area contributed by atoms with Crippen molar-refractivity contribution in [3.05, 3.63) is 0 Å². The van der Waals surface area contributed by atoms with Gasteiger partial charge < -0.3 is 0 Å². The van der Waals surface area contributed by atoms with Crippen LogP contribution < -0.4 is 0 Å². The van der Waals surface area contributed by atoms with Crippen LogP contribution in [0.25, 0.3) is 0 Å². The highest BCUT2D eigenvalue weighted by molar-refractivity contribution is 8.29. The molecule has 0 aliphatic heterocycles. The van der Waals surface area contributed by atoms with Crippen molar-refractivity contribution in [2.24, 2.45) is 4.99 Å². The van der Waals surface area contributed by atoms with E-state index in [0.29, 0.717) is 6.04 Å². The van der Waals surface area contributed by atoms with Gasteiger partial charge in [-0.1, -0.05) is 45.8 Å². The second-order valence-electron chi connectivity index (χ2n) is 5.90. The van der Waals surface area contributed by atoms with Gasteiger partial charge in [0.05, 0.1) is 0 Å². The number of nitrogens with zero attached hydrogens (tertiary/aromatic N) is 1. The number of hydrogen-bond acceptors (Lipinski definition) is 2. The van der Waals surface area contributed by atoms with Gasteiger partial charge in [0.1, 0.15) is 7.22 Å². The Morgan fingerprint density at radius 3 is 2.44 bits per heavy atom. The first kappa shape index (κ1) is 14.3. The lowest BCUT2D eigenvalue weighted by Crippen LogP contribution is -2.19. The molecular formula is C13H27NSSi. The van der Waals surface area contributed by atoms with Crippen LogP contribution in [0.3, 0.4) is 0 Å². The third-order valence-corrected chi connectivity index (χ3v) is 7.51. The molecule has 1 saturated carbocycles.